The molecule has 100 valence electrons. The Labute approximate surface area is 126 Å². The molecule has 2 aromatic carbocycles. The molecule has 0 unspecified atom stereocenters. The Morgan fingerprint density at radius 3 is 2.65 bits per heavy atom. The van der Waals surface area contributed by atoms with Crippen LogP contribution in [0, 0.1) is 0 Å². The van der Waals surface area contributed by atoms with Gasteiger partial charge in [0.1, 0.15) is 0 Å². The molecule has 3 nitrogen and oxygen atoms in total. The van der Waals surface area contributed by atoms with E-state index in [4.69, 9.17) is 23.2 Å². The van der Waals surface area contributed by atoms with Crippen molar-refractivity contribution in [3.8, 4) is 5.69 Å². The summed E-state index contributed by atoms with van der Waals surface area (Å²) in [4.78, 5) is 0. The molecule has 5 heteroatoms. The molecule has 0 aliphatic carbocycles. The monoisotopic (exact) mass is 303 g/mol. The molecule has 1 heterocycles. The van der Waals surface area contributed by atoms with E-state index in [1.54, 1.807) is 16.9 Å². The number of nitrogens with zero attached hydrogens (tertiary/aromatic N) is 2. The Hall–Kier alpha value is -1.97. The maximum atomic E-state index is 6.17. The summed E-state index contributed by atoms with van der Waals surface area (Å²) in [6.45, 7) is 0. The Bertz CT molecular complexity index is 724. The normalized spacial score (nSPS) is 10.5. The van der Waals surface area contributed by atoms with Gasteiger partial charge >= 0.3 is 0 Å². The lowest BCUT2D eigenvalue weighted by atomic mass is 10.2. The average molecular weight is 304 g/mol. The van der Waals surface area contributed by atoms with Crippen molar-refractivity contribution in [3.63, 3.8) is 0 Å². The Balaban J connectivity index is 1.92. The second kappa shape index (κ2) is 5.57. The van der Waals surface area contributed by atoms with Crippen molar-refractivity contribution in [3.05, 3.63) is 71.0 Å². The molecule has 3 aromatic rings. The molecule has 0 bridgehead atoms. The maximum Gasteiger partial charge on any atom is 0.0827 e. The van der Waals surface area contributed by atoms with Gasteiger partial charge in [-0.3, -0.25) is 0 Å². The molecule has 20 heavy (non-hydrogen) atoms. The van der Waals surface area contributed by atoms with E-state index < -0.39 is 0 Å². The first kappa shape index (κ1) is 13.0. The molecule has 0 spiro atoms. The number of nitrogens with one attached hydrogen (secondary N) is 1. The van der Waals surface area contributed by atoms with E-state index >= 15 is 0 Å². The minimum Gasteiger partial charge on any atom is -0.354 e. The van der Waals surface area contributed by atoms with Crippen LogP contribution in [0.1, 0.15) is 0 Å². The van der Waals surface area contributed by atoms with Gasteiger partial charge in [-0.05, 0) is 36.4 Å². The van der Waals surface area contributed by atoms with Crippen molar-refractivity contribution < 1.29 is 0 Å². The number of anilines is 2. The number of aromatic nitrogens is 2. The first-order chi connectivity index (χ1) is 9.74. The lowest BCUT2D eigenvalue weighted by Gasteiger charge is -2.10. The highest BCUT2D eigenvalue weighted by atomic mass is 35.5. The maximum absolute atomic E-state index is 6.17. The largest absolute Gasteiger partial charge is 0.354 e. The van der Waals surface area contributed by atoms with Gasteiger partial charge in [0, 0.05) is 18.1 Å². The Kier molecular flexibility index (Phi) is 3.63. The highest BCUT2D eigenvalue weighted by Crippen LogP contribution is 2.32. The number of benzene rings is 2. The Morgan fingerprint density at radius 2 is 1.85 bits per heavy atom. The van der Waals surface area contributed by atoms with Crippen molar-refractivity contribution in [2.24, 2.45) is 0 Å². The quantitative estimate of drug-likeness (QED) is 0.744. The summed E-state index contributed by atoms with van der Waals surface area (Å²) in [5, 5.41) is 8.51. The van der Waals surface area contributed by atoms with Gasteiger partial charge in [-0.25, -0.2) is 4.68 Å². The third-order valence-electron chi connectivity index (χ3n) is 2.85. The minimum absolute atomic E-state index is 0.513. The van der Waals surface area contributed by atoms with Gasteiger partial charge in [0.25, 0.3) is 0 Å². The van der Waals surface area contributed by atoms with Crippen LogP contribution in [0.25, 0.3) is 5.69 Å². The van der Waals surface area contributed by atoms with Crippen molar-refractivity contribution in [1.82, 2.24) is 9.78 Å². The van der Waals surface area contributed by atoms with Crippen molar-refractivity contribution >= 4 is 34.6 Å². The van der Waals surface area contributed by atoms with Gasteiger partial charge in [-0.15, -0.1) is 0 Å². The highest BCUT2D eigenvalue weighted by Gasteiger charge is 2.05. The number of hydrogen-bond acceptors (Lipinski definition) is 2. The molecule has 0 amide bonds. The Morgan fingerprint density at radius 1 is 1.00 bits per heavy atom. The minimum atomic E-state index is 0.513. The molecule has 1 aromatic heterocycles. The van der Waals surface area contributed by atoms with Crippen LogP contribution in [0.4, 0.5) is 11.4 Å². The van der Waals surface area contributed by atoms with Crippen LogP contribution < -0.4 is 5.32 Å². The van der Waals surface area contributed by atoms with Gasteiger partial charge in [0.2, 0.25) is 0 Å². The second-order valence-electron chi connectivity index (χ2n) is 4.23. The molecule has 0 fully saturated rings. The third kappa shape index (κ3) is 2.64. The van der Waals surface area contributed by atoms with E-state index in [1.807, 2.05) is 48.7 Å². The fraction of sp³-hybridized carbons (Fsp3) is 0. The van der Waals surface area contributed by atoms with Crippen LogP contribution in [0.5, 0.6) is 0 Å². The highest BCUT2D eigenvalue weighted by molar-refractivity contribution is 6.43. The van der Waals surface area contributed by atoms with Crippen LogP contribution in [-0.4, -0.2) is 9.78 Å². The smallest absolute Gasteiger partial charge is 0.0827 e. The summed E-state index contributed by atoms with van der Waals surface area (Å²) in [6, 6.07) is 15.3. The summed E-state index contributed by atoms with van der Waals surface area (Å²) in [6.07, 6.45) is 3.64. The predicted octanol–water partition coefficient (Wildman–Crippen LogP) is 4.92. The van der Waals surface area contributed by atoms with Crippen molar-refractivity contribution in [2.45, 2.75) is 0 Å². The topological polar surface area (TPSA) is 29.9 Å². The van der Waals surface area contributed by atoms with Crippen LogP contribution in [0.2, 0.25) is 10.0 Å². The van der Waals surface area contributed by atoms with Gasteiger partial charge in [-0.2, -0.15) is 5.10 Å². The molecule has 3 rings (SSSR count). The van der Waals surface area contributed by atoms with E-state index in [-0.39, 0.29) is 0 Å². The molecule has 0 aliphatic rings. The van der Waals surface area contributed by atoms with Crippen LogP contribution in [0.15, 0.2) is 60.9 Å². The molecule has 0 radical (unpaired) electrons. The second-order valence-corrected chi connectivity index (χ2v) is 5.01. The lowest BCUT2D eigenvalue weighted by molar-refractivity contribution is 0.881. The summed E-state index contributed by atoms with van der Waals surface area (Å²) in [5.41, 5.74) is 2.66. The van der Waals surface area contributed by atoms with Gasteiger partial charge in [0.15, 0.2) is 0 Å². The van der Waals surface area contributed by atoms with Gasteiger partial charge in [-0.1, -0.05) is 35.3 Å². The predicted molar refractivity (Wildman–Crippen MR) is 83.3 cm³/mol. The zero-order chi connectivity index (χ0) is 13.9. The summed E-state index contributed by atoms with van der Waals surface area (Å²) >= 11 is 12.2. The first-order valence-electron chi connectivity index (χ1n) is 6.05. The molecular formula is C15H11Cl2N3. The average Bonchev–Trinajstić information content (AvgIpc) is 2.98. The van der Waals surface area contributed by atoms with Crippen molar-refractivity contribution in [2.75, 3.05) is 5.32 Å². The molecular weight excluding hydrogens is 293 g/mol. The first-order valence-corrected chi connectivity index (χ1v) is 6.81. The van der Waals surface area contributed by atoms with E-state index in [2.05, 4.69) is 10.4 Å². The number of halogens is 2. The molecule has 0 saturated carbocycles. The van der Waals surface area contributed by atoms with E-state index in [1.165, 1.54) is 0 Å². The fourth-order valence-corrected chi connectivity index (χ4v) is 2.25. The van der Waals surface area contributed by atoms with Crippen LogP contribution in [0.3, 0.4) is 0 Å². The SMILES string of the molecule is Clc1cccc(Nc2cccc(-n3cccn3)c2)c1Cl. The molecule has 0 atom stereocenters. The van der Waals surface area contributed by atoms with Crippen molar-refractivity contribution in [1.29, 1.82) is 0 Å². The van der Waals surface area contributed by atoms with Gasteiger partial charge < -0.3 is 5.32 Å². The summed E-state index contributed by atoms with van der Waals surface area (Å²) in [5.74, 6) is 0. The number of rotatable bonds is 3. The lowest BCUT2D eigenvalue weighted by Crippen LogP contribution is -1.96. The fourth-order valence-electron chi connectivity index (χ4n) is 1.90. The zero-order valence-electron chi connectivity index (χ0n) is 10.4. The van der Waals surface area contributed by atoms with Crippen LogP contribution in [-0.2, 0) is 0 Å². The third-order valence-corrected chi connectivity index (χ3v) is 3.66. The summed E-state index contributed by atoms with van der Waals surface area (Å²) < 4.78 is 1.80. The molecule has 1 N–H and O–H groups in total. The standard InChI is InChI=1S/C15H11Cl2N3/c16-13-6-2-7-14(15(13)17)19-11-4-1-5-12(10-11)20-9-3-8-18-20/h1-10,19H. The summed E-state index contributed by atoms with van der Waals surface area (Å²) in [7, 11) is 0. The van der Waals surface area contributed by atoms with E-state index in [9.17, 15) is 0 Å². The molecule has 0 saturated heterocycles. The van der Waals surface area contributed by atoms with E-state index in [0.717, 1.165) is 17.1 Å². The molecule has 0 aliphatic heterocycles. The zero-order valence-corrected chi connectivity index (χ0v) is 11.9. The van der Waals surface area contributed by atoms with E-state index in [0.29, 0.717) is 10.0 Å². The number of hydrogen-bond donors (Lipinski definition) is 1. The van der Waals surface area contributed by atoms with Crippen LogP contribution >= 0.6 is 23.2 Å². The van der Waals surface area contributed by atoms with Gasteiger partial charge in [0.05, 0.1) is 21.4 Å².